The van der Waals surface area contributed by atoms with Gasteiger partial charge in [-0.3, -0.25) is 0 Å². The van der Waals surface area contributed by atoms with Crippen LogP contribution in [0.4, 0.5) is 5.82 Å². The lowest BCUT2D eigenvalue weighted by Crippen LogP contribution is -2.42. The van der Waals surface area contributed by atoms with E-state index < -0.39 is 0 Å². The van der Waals surface area contributed by atoms with E-state index in [0.717, 1.165) is 63.9 Å². The van der Waals surface area contributed by atoms with Crippen molar-refractivity contribution >= 4 is 5.82 Å². The molecule has 1 aromatic heterocycles. The van der Waals surface area contributed by atoms with Gasteiger partial charge in [0.25, 0.3) is 0 Å². The molecule has 2 aliphatic heterocycles. The predicted molar refractivity (Wildman–Crippen MR) is 74.5 cm³/mol. The Labute approximate surface area is 114 Å². The average molecular weight is 262 g/mol. The maximum absolute atomic E-state index is 5.84. The second kappa shape index (κ2) is 5.47. The van der Waals surface area contributed by atoms with E-state index in [1.54, 1.807) is 0 Å². The fourth-order valence-corrected chi connectivity index (χ4v) is 3.00. The fourth-order valence-electron chi connectivity index (χ4n) is 3.00. The minimum Gasteiger partial charge on any atom is -0.381 e. The average Bonchev–Trinajstić information content (AvgIpc) is 2.63. The van der Waals surface area contributed by atoms with Gasteiger partial charge in [0.15, 0.2) is 0 Å². The first-order valence-electron chi connectivity index (χ1n) is 7.12. The van der Waals surface area contributed by atoms with Crippen molar-refractivity contribution in [2.75, 3.05) is 44.4 Å². The summed E-state index contributed by atoms with van der Waals surface area (Å²) >= 11 is 0. The summed E-state index contributed by atoms with van der Waals surface area (Å²) in [5.74, 6) is 1.08. The monoisotopic (exact) mass is 262 g/mol. The molecule has 0 radical (unpaired) electrons. The zero-order valence-corrected chi connectivity index (χ0v) is 11.6. The maximum Gasteiger partial charge on any atom is 0.128 e. The fraction of sp³-hybridized carbons (Fsp3) is 0.667. The van der Waals surface area contributed by atoms with Crippen molar-refractivity contribution in [1.29, 1.82) is 0 Å². The van der Waals surface area contributed by atoms with Gasteiger partial charge in [-0.05, 0) is 31.9 Å². The van der Waals surface area contributed by atoms with E-state index in [9.17, 15) is 0 Å². The molecule has 0 atom stereocenters. The normalized spacial score (nSPS) is 23.3. The number of anilines is 1. The minimum absolute atomic E-state index is 0.250. The maximum atomic E-state index is 5.84. The number of aryl methyl sites for hydroxylation is 1. The van der Waals surface area contributed by atoms with Gasteiger partial charge in [-0.15, -0.1) is 0 Å². The van der Waals surface area contributed by atoms with Crippen molar-refractivity contribution in [2.24, 2.45) is 5.41 Å². The molecular weight excluding hydrogens is 240 g/mol. The quantitative estimate of drug-likeness (QED) is 0.775. The predicted octanol–water partition coefficient (Wildman–Crippen LogP) is 2.02. The molecule has 2 aliphatic rings. The van der Waals surface area contributed by atoms with Gasteiger partial charge in [0.2, 0.25) is 0 Å². The van der Waals surface area contributed by atoms with E-state index in [2.05, 4.69) is 22.0 Å². The van der Waals surface area contributed by atoms with Gasteiger partial charge in [0.05, 0.1) is 13.2 Å². The minimum atomic E-state index is 0.250. The Bertz CT molecular complexity index is 430. The van der Waals surface area contributed by atoms with Crippen LogP contribution in [0.1, 0.15) is 18.5 Å². The van der Waals surface area contributed by atoms with Crippen molar-refractivity contribution in [1.82, 2.24) is 4.98 Å². The lowest BCUT2D eigenvalue weighted by Gasteiger charge is -2.38. The standard InChI is InChI=1S/C15H22N2O2/c1-13-3-2-4-14(16-13)17-7-10-19-12-15(11-17)5-8-18-9-6-15/h2-4H,5-12H2,1H3. The van der Waals surface area contributed by atoms with Crippen LogP contribution < -0.4 is 4.90 Å². The third-order valence-corrected chi connectivity index (χ3v) is 4.19. The smallest absolute Gasteiger partial charge is 0.128 e. The number of nitrogens with zero attached hydrogens (tertiary/aromatic N) is 2. The molecule has 0 N–H and O–H groups in total. The molecule has 1 aromatic rings. The SMILES string of the molecule is Cc1cccc(N2CCOCC3(CCOCC3)C2)n1. The molecule has 0 amide bonds. The van der Waals surface area contributed by atoms with Gasteiger partial charge in [-0.2, -0.15) is 0 Å². The summed E-state index contributed by atoms with van der Waals surface area (Å²) in [6.07, 6.45) is 2.19. The summed E-state index contributed by atoms with van der Waals surface area (Å²) in [6.45, 7) is 7.38. The van der Waals surface area contributed by atoms with E-state index in [0.29, 0.717) is 0 Å². The van der Waals surface area contributed by atoms with Crippen LogP contribution in [-0.4, -0.2) is 44.5 Å². The molecule has 3 heterocycles. The number of ether oxygens (including phenoxy) is 2. The van der Waals surface area contributed by atoms with Crippen molar-refractivity contribution in [3.05, 3.63) is 23.9 Å². The zero-order chi connectivity index (χ0) is 13.1. The van der Waals surface area contributed by atoms with Crippen LogP contribution in [0, 0.1) is 12.3 Å². The van der Waals surface area contributed by atoms with Gasteiger partial charge in [0.1, 0.15) is 5.82 Å². The Morgan fingerprint density at radius 2 is 2.00 bits per heavy atom. The highest BCUT2D eigenvalue weighted by atomic mass is 16.5. The Balaban J connectivity index is 1.81. The van der Waals surface area contributed by atoms with Crippen LogP contribution in [-0.2, 0) is 9.47 Å². The highest BCUT2D eigenvalue weighted by Gasteiger charge is 2.36. The molecule has 0 bridgehead atoms. The Hall–Kier alpha value is -1.13. The zero-order valence-electron chi connectivity index (χ0n) is 11.6. The Morgan fingerprint density at radius 3 is 2.79 bits per heavy atom. The lowest BCUT2D eigenvalue weighted by atomic mass is 9.80. The molecule has 104 valence electrons. The summed E-state index contributed by atoms with van der Waals surface area (Å²) < 4.78 is 11.4. The molecule has 0 saturated carbocycles. The van der Waals surface area contributed by atoms with Crippen LogP contribution in [0.25, 0.3) is 0 Å². The summed E-state index contributed by atoms with van der Waals surface area (Å²) in [5.41, 5.74) is 1.32. The van der Waals surface area contributed by atoms with Gasteiger partial charge in [-0.25, -0.2) is 4.98 Å². The first kappa shape index (κ1) is 12.9. The van der Waals surface area contributed by atoms with Gasteiger partial charge >= 0.3 is 0 Å². The van der Waals surface area contributed by atoms with E-state index in [4.69, 9.17) is 9.47 Å². The highest BCUT2D eigenvalue weighted by Crippen LogP contribution is 2.34. The molecular formula is C15H22N2O2. The van der Waals surface area contributed by atoms with Gasteiger partial charge in [-0.1, -0.05) is 6.07 Å². The van der Waals surface area contributed by atoms with Crippen molar-refractivity contribution < 1.29 is 9.47 Å². The molecule has 4 heteroatoms. The van der Waals surface area contributed by atoms with E-state index in [1.807, 2.05) is 13.0 Å². The van der Waals surface area contributed by atoms with E-state index in [-0.39, 0.29) is 5.41 Å². The first-order valence-corrected chi connectivity index (χ1v) is 7.12. The summed E-state index contributed by atoms with van der Waals surface area (Å²) in [7, 11) is 0. The number of hydrogen-bond acceptors (Lipinski definition) is 4. The molecule has 0 unspecified atom stereocenters. The Kier molecular flexibility index (Phi) is 3.71. The highest BCUT2D eigenvalue weighted by molar-refractivity contribution is 5.39. The van der Waals surface area contributed by atoms with Crippen molar-refractivity contribution in [3.63, 3.8) is 0 Å². The van der Waals surface area contributed by atoms with Gasteiger partial charge < -0.3 is 14.4 Å². The third-order valence-electron chi connectivity index (χ3n) is 4.19. The molecule has 3 rings (SSSR count). The number of pyridine rings is 1. The van der Waals surface area contributed by atoms with Crippen LogP contribution in [0.15, 0.2) is 18.2 Å². The van der Waals surface area contributed by atoms with Crippen LogP contribution in [0.5, 0.6) is 0 Å². The summed E-state index contributed by atoms with van der Waals surface area (Å²) in [5, 5.41) is 0. The second-order valence-corrected chi connectivity index (χ2v) is 5.72. The molecule has 0 aliphatic carbocycles. The first-order chi connectivity index (χ1) is 9.27. The molecule has 19 heavy (non-hydrogen) atoms. The number of aromatic nitrogens is 1. The van der Waals surface area contributed by atoms with Crippen molar-refractivity contribution in [3.8, 4) is 0 Å². The summed E-state index contributed by atoms with van der Waals surface area (Å²) in [6, 6.07) is 6.23. The number of hydrogen-bond donors (Lipinski definition) is 0. The molecule has 4 nitrogen and oxygen atoms in total. The third kappa shape index (κ3) is 2.90. The van der Waals surface area contributed by atoms with E-state index >= 15 is 0 Å². The van der Waals surface area contributed by atoms with Gasteiger partial charge in [0, 0.05) is 37.4 Å². The molecule has 2 saturated heterocycles. The molecule has 0 aromatic carbocycles. The summed E-state index contributed by atoms with van der Waals surface area (Å²) in [4.78, 5) is 7.04. The van der Waals surface area contributed by atoms with E-state index in [1.165, 1.54) is 0 Å². The molecule has 1 spiro atoms. The topological polar surface area (TPSA) is 34.6 Å². The molecule has 2 fully saturated rings. The van der Waals surface area contributed by atoms with Crippen LogP contribution in [0.2, 0.25) is 0 Å². The largest absolute Gasteiger partial charge is 0.381 e. The van der Waals surface area contributed by atoms with Crippen molar-refractivity contribution in [2.45, 2.75) is 19.8 Å². The van der Waals surface area contributed by atoms with Crippen LogP contribution in [0.3, 0.4) is 0 Å². The number of rotatable bonds is 1. The Morgan fingerprint density at radius 1 is 1.16 bits per heavy atom. The lowest BCUT2D eigenvalue weighted by molar-refractivity contribution is -0.0240. The van der Waals surface area contributed by atoms with Crippen LogP contribution >= 0.6 is 0 Å². The second-order valence-electron chi connectivity index (χ2n) is 5.72.